The minimum Gasteiger partial charge on any atom is -0.504 e. The highest BCUT2D eigenvalue weighted by Gasteiger charge is 2.02. The Kier molecular flexibility index (Phi) is 6.95. The predicted molar refractivity (Wildman–Crippen MR) is 99.6 cm³/mol. The molecule has 0 amide bonds. The van der Waals surface area contributed by atoms with E-state index < -0.39 is 0 Å². The van der Waals surface area contributed by atoms with Crippen LogP contribution < -0.4 is 20.5 Å². The van der Waals surface area contributed by atoms with E-state index in [1.807, 2.05) is 36.4 Å². The fourth-order valence-corrected chi connectivity index (χ4v) is 2.37. The molecule has 2 aromatic rings. The van der Waals surface area contributed by atoms with Crippen LogP contribution in [0.25, 0.3) is 0 Å². The van der Waals surface area contributed by atoms with Crippen LogP contribution in [0.15, 0.2) is 47.5 Å². The largest absolute Gasteiger partial charge is 0.504 e. The topological polar surface area (TPSA) is 89.1 Å². The third kappa shape index (κ3) is 5.91. The molecule has 0 bridgehead atoms. The second-order valence-electron chi connectivity index (χ2n) is 5.55. The molecule has 0 aliphatic carbocycles. The van der Waals surface area contributed by atoms with Gasteiger partial charge in [-0.3, -0.25) is 4.99 Å². The van der Waals surface area contributed by atoms with Crippen LogP contribution in [0, 0.1) is 0 Å². The Morgan fingerprint density at radius 1 is 1.04 bits per heavy atom. The van der Waals surface area contributed by atoms with Crippen LogP contribution in [0.5, 0.6) is 17.2 Å². The van der Waals surface area contributed by atoms with Gasteiger partial charge in [-0.25, -0.2) is 0 Å². The number of phenolic OH excluding ortho intramolecular Hbond substituents is 1. The van der Waals surface area contributed by atoms with Gasteiger partial charge in [0.05, 0.1) is 14.2 Å². The van der Waals surface area contributed by atoms with E-state index >= 15 is 0 Å². The summed E-state index contributed by atoms with van der Waals surface area (Å²) >= 11 is 0. The number of nitrogens with one attached hydrogen (secondary N) is 1. The molecule has 0 radical (unpaired) electrons. The lowest BCUT2D eigenvalue weighted by Gasteiger charge is -2.08. The molecule has 6 heteroatoms. The quantitative estimate of drug-likeness (QED) is 0.504. The summed E-state index contributed by atoms with van der Waals surface area (Å²) in [5.41, 5.74) is 8.12. The number of guanidine groups is 1. The molecule has 4 N–H and O–H groups in total. The second-order valence-corrected chi connectivity index (χ2v) is 5.55. The van der Waals surface area contributed by atoms with Crippen molar-refractivity contribution in [2.45, 2.75) is 12.8 Å². The van der Waals surface area contributed by atoms with Crippen molar-refractivity contribution < 1.29 is 14.6 Å². The molecule has 2 aromatic carbocycles. The molecule has 0 heterocycles. The van der Waals surface area contributed by atoms with Gasteiger partial charge in [0.2, 0.25) is 0 Å². The first kappa shape index (κ1) is 18.4. The summed E-state index contributed by atoms with van der Waals surface area (Å²) in [6.07, 6.45) is 1.58. The van der Waals surface area contributed by atoms with E-state index in [1.165, 1.54) is 12.7 Å². The van der Waals surface area contributed by atoms with E-state index in [1.54, 1.807) is 13.2 Å². The van der Waals surface area contributed by atoms with Gasteiger partial charge in [-0.1, -0.05) is 18.2 Å². The van der Waals surface area contributed by atoms with Gasteiger partial charge in [-0.2, -0.15) is 0 Å². The number of phenols is 1. The van der Waals surface area contributed by atoms with Crippen molar-refractivity contribution in [2.75, 3.05) is 27.3 Å². The molecule has 25 heavy (non-hydrogen) atoms. The zero-order valence-electron chi connectivity index (χ0n) is 14.7. The molecule has 0 aliphatic heterocycles. The molecule has 0 aromatic heterocycles. The molecule has 2 rings (SSSR count). The first-order valence-electron chi connectivity index (χ1n) is 8.15. The normalized spacial score (nSPS) is 11.2. The SMILES string of the molecule is COc1ccc(CCN=C(N)NCCc2ccc(O)c(OC)c2)cc1. The molecular weight excluding hydrogens is 318 g/mol. The van der Waals surface area contributed by atoms with E-state index in [4.69, 9.17) is 15.2 Å². The van der Waals surface area contributed by atoms with E-state index in [0.29, 0.717) is 24.8 Å². The third-order valence-corrected chi connectivity index (χ3v) is 3.81. The summed E-state index contributed by atoms with van der Waals surface area (Å²) in [6, 6.07) is 13.2. The molecular formula is C19H25N3O3. The summed E-state index contributed by atoms with van der Waals surface area (Å²) in [5.74, 6) is 1.89. The zero-order valence-corrected chi connectivity index (χ0v) is 14.7. The lowest BCUT2D eigenvalue weighted by Crippen LogP contribution is -2.33. The van der Waals surface area contributed by atoms with Gasteiger partial charge in [0, 0.05) is 13.1 Å². The Morgan fingerprint density at radius 3 is 2.44 bits per heavy atom. The molecule has 0 spiro atoms. The van der Waals surface area contributed by atoms with Crippen molar-refractivity contribution in [1.82, 2.24) is 5.32 Å². The summed E-state index contributed by atoms with van der Waals surface area (Å²) in [7, 11) is 3.18. The monoisotopic (exact) mass is 343 g/mol. The Morgan fingerprint density at radius 2 is 1.76 bits per heavy atom. The number of aromatic hydroxyl groups is 1. The number of rotatable bonds is 8. The highest BCUT2D eigenvalue weighted by Crippen LogP contribution is 2.26. The maximum atomic E-state index is 9.58. The molecule has 0 saturated heterocycles. The number of aliphatic imine (C=N–C) groups is 1. The number of hydrogen-bond acceptors (Lipinski definition) is 4. The highest BCUT2D eigenvalue weighted by atomic mass is 16.5. The van der Waals surface area contributed by atoms with Gasteiger partial charge in [0.1, 0.15) is 5.75 Å². The number of hydrogen-bond donors (Lipinski definition) is 3. The van der Waals surface area contributed by atoms with E-state index in [2.05, 4.69) is 10.3 Å². The number of nitrogens with zero attached hydrogens (tertiary/aromatic N) is 1. The van der Waals surface area contributed by atoms with E-state index in [0.717, 1.165) is 24.2 Å². The molecule has 0 saturated carbocycles. The Labute approximate surface area is 148 Å². The summed E-state index contributed by atoms with van der Waals surface area (Å²) in [5, 5.41) is 12.7. The lowest BCUT2D eigenvalue weighted by molar-refractivity contribution is 0.373. The van der Waals surface area contributed by atoms with Crippen molar-refractivity contribution in [3.63, 3.8) is 0 Å². The summed E-state index contributed by atoms with van der Waals surface area (Å²) in [6.45, 7) is 1.28. The molecule has 0 atom stereocenters. The standard InChI is InChI=1S/C19H25N3O3/c1-24-16-6-3-14(4-7-16)9-11-21-19(20)22-12-10-15-5-8-17(23)18(13-15)25-2/h3-8,13,23H,9-12H2,1-2H3,(H3,20,21,22). The molecule has 0 fully saturated rings. The zero-order chi connectivity index (χ0) is 18.1. The van der Waals surface area contributed by atoms with Gasteiger partial charge < -0.3 is 25.6 Å². The van der Waals surface area contributed by atoms with Gasteiger partial charge >= 0.3 is 0 Å². The maximum Gasteiger partial charge on any atom is 0.188 e. The predicted octanol–water partition coefficient (Wildman–Crippen LogP) is 2.10. The molecule has 134 valence electrons. The number of benzene rings is 2. The van der Waals surface area contributed by atoms with Crippen molar-refractivity contribution in [2.24, 2.45) is 10.7 Å². The lowest BCUT2D eigenvalue weighted by atomic mass is 10.1. The summed E-state index contributed by atoms with van der Waals surface area (Å²) < 4.78 is 10.2. The Bertz CT molecular complexity index is 700. The maximum absolute atomic E-state index is 9.58. The second kappa shape index (κ2) is 9.42. The number of nitrogens with two attached hydrogens (primary N) is 1. The minimum atomic E-state index is 0.138. The average Bonchev–Trinajstić information content (AvgIpc) is 2.63. The van der Waals surface area contributed by atoms with Crippen LogP contribution in [-0.2, 0) is 12.8 Å². The van der Waals surface area contributed by atoms with Gasteiger partial charge in [0.15, 0.2) is 17.5 Å². The van der Waals surface area contributed by atoms with Crippen molar-refractivity contribution in [3.05, 3.63) is 53.6 Å². The van der Waals surface area contributed by atoms with Crippen LogP contribution in [0.2, 0.25) is 0 Å². The number of ether oxygens (including phenoxy) is 2. The first-order chi connectivity index (χ1) is 12.1. The van der Waals surface area contributed by atoms with Crippen molar-refractivity contribution in [3.8, 4) is 17.2 Å². The van der Waals surface area contributed by atoms with Crippen LogP contribution in [0.1, 0.15) is 11.1 Å². The Balaban J connectivity index is 1.73. The highest BCUT2D eigenvalue weighted by molar-refractivity contribution is 5.77. The van der Waals surface area contributed by atoms with Crippen LogP contribution in [-0.4, -0.2) is 38.4 Å². The average molecular weight is 343 g/mol. The molecule has 0 aliphatic rings. The van der Waals surface area contributed by atoms with Gasteiger partial charge in [-0.15, -0.1) is 0 Å². The minimum absolute atomic E-state index is 0.138. The van der Waals surface area contributed by atoms with Crippen LogP contribution >= 0.6 is 0 Å². The third-order valence-electron chi connectivity index (χ3n) is 3.81. The van der Waals surface area contributed by atoms with E-state index in [9.17, 15) is 5.11 Å². The number of methoxy groups -OCH3 is 2. The van der Waals surface area contributed by atoms with Crippen LogP contribution in [0.4, 0.5) is 0 Å². The fourth-order valence-electron chi connectivity index (χ4n) is 2.37. The fraction of sp³-hybridized carbons (Fsp3) is 0.316. The molecule has 6 nitrogen and oxygen atoms in total. The van der Waals surface area contributed by atoms with Crippen LogP contribution in [0.3, 0.4) is 0 Å². The first-order valence-corrected chi connectivity index (χ1v) is 8.15. The van der Waals surface area contributed by atoms with Crippen molar-refractivity contribution in [1.29, 1.82) is 0 Å². The van der Waals surface area contributed by atoms with Gasteiger partial charge in [0.25, 0.3) is 0 Å². The Hall–Kier alpha value is -2.89. The smallest absolute Gasteiger partial charge is 0.188 e. The molecule has 0 unspecified atom stereocenters. The van der Waals surface area contributed by atoms with Crippen molar-refractivity contribution >= 4 is 5.96 Å². The van der Waals surface area contributed by atoms with Gasteiger partial charge in [-0.05, 0) is 48.2 Å². The summed E-state index contributed by atoms with van der Waals surface area (Å²) in [4.78, 5) is 4.33. The van der Waals surface area contributed by atoms with E-state index in [-0.39, 0.29) is 5.75 Å².